The van der Waals surface area contributed by atoms with Gasteiger partial charge in [-0.1, -0.05) is 12.1 Å². The van der Waals surface area contributed by atoms with Crippen LogP contribution in [0.5, 0.6) is 5.75 Å². The van der Waals surface area contributed by atoms with E-state index in [1.165, 1.54) is 4.57 Å². The molecule has 144 valence electrons. The molecule has 0 saturated heterocycles. The molecule has 2 N–H and O–H groups in total. The fourth-order valence-electron chi connectivity index (χ4n) is 3.33. The number of carbonyl (C=O) groups is 1. The minimum absolute atomic E-state index is 0.137. The number of ether oxygens (including phenoxy) is 1. The van der Waals surface area contributed by atoms with Crippen LogP contribution in [0, 0.1) is 6.92 Å². The predicted octanol–water partition coefficient (Wildman–Crippen LogP) is 2.69. The van der Waals surface area contributed by atoms with Gasteiger partial charge in [-0.25, -0.2) is 0 Å². The van der Waals surface area contributed by atoms with Crippen molar-refractivity contribution in [3.05, 3.63) is 69.6 Å². The lowest BCUT2D eigenvalue weighted by atomic mass is 10.1. The van der Waals surface area contributed by atoms with Crippen molar-refractivity contribution in [1.82, 2.24) is 9.88 Å². The molecule has 0 spiro atoms. The Kier molecular flexibility index (Phi) is 4.65. The molecular formula is C22H22N2O4. The number of nitrogens with one attached hydrogen (secondary N) is 1. The smallest absolute Gasteiger partial charge is 0.263 e. The summed E-state index contributed by atoms with van der Waals surface area (Å²) in [4.78, 5) is 25.7. The molecule has 6 nitrogen and oxygen atoms in total. The van der Waals surface area contributed by atoms with Crippen LogP contribution in [0.25, 0.3) is 16.5 Å². The molecule has 1 heterocycles. The number of aliphatic hydroxyl groups excluding tert-OH is 1. The van der Waals surface area contributed by atoms with Gasteiger partial charge >= 0.3 is 0 Å². The van der Waals surface area contributed by atoms with Crippen molar-refractivity contribution in [1.29, 1.82) is 0 Å². The molecule has 1 fully saturated rings. The van der Waals surface area contributed by atoms with Crippen LogP contribution in [0.4, 0.5) is 0 Å². The maximum Gasteiger partial charge on any atom is 0.263 e. The number of methoxy groups -OCH3 is 1. The van der Waals surface area contributed by atoms with E-state index in [-0.39, 0.29) is 24.1 Å². The summed E-state index contributed by atoms with van der Waals surface area (Å²) < 4.78 is 6.75. The summed E-state index contributed by atoms with van der Waals surface area (Å²) in [5.41, 5.74) is 2.39. The van der Waals surface area contributed by atoms with E-state index >= 15 is 0 Å². The Balaban J connectivity index is 1.89. The summed E-state index contributed by atoms with van der Waals surface area (Å²) in [5, 5.41) is 13.9. The molecule has 0 radical (unpaired) electrons. The highest BCUT2D eigenvalue weighted by Gasteiger charge is 2.24. The first-order valence-electron chi connectivity index (χ1n) is 9.27. The SMILES string of the molecule is COc1ccc2c(CO)cn(-c3cc(C(=O)NC4CC4)ccc3C)c(=O)c2c1. The summed E-state index contributed by atoms with van der Waals surface area (Å²) in [6.07, 6.45) is 3.66. The summed E-state index contributed by atoms with van der Waals surface area (Å²) in [6.45, 7) is 1.68. The largest absolute Gasteiger partial charge is 0.497 e. The van der Waals surface area contributed by atoms with Crippen LogP contribution in [0.2, 0.25) is 0 Å². The molecule has 3 aromatic rings. The number of nitrogens with zero attached hydrogens (tertiary/aromatic N) is 1. The molecule has 4 rings (SSSR count). The third-order valence-electron chi connectivity index (χ3n) is 5.12. The van der Waals surface area contributed by atoms with Gasteiger partial charge in [0.2, 0.25) is 0 Å². The van der Waals surface area contributed by atoms with E-state index in [4.69, 9.17) is 4.74 Å². The molecule has 0 unspecified atom stereocenters. The lowest BCUT2D eigenvalue weighted by Crippen LogP contribution is -2.26. The minimum Gasteiger partial charge on any atom is -0.497 e. The van der Waals surface area contributed by atoms with Gasteiger partial charge in [-0.05, 0) is 55.0 Å². The van der Waals surface area contributed by atoms with Gasteiger partial charge in [0.25, 0.3) is 11.5 Å². The van der Waals surface area contributed by atoms with Gasteiger partial charge in [-0.15, -0.1) is 0 Å². The van der Waals surface area contributed by atoms with Crippen LogP contribution in [-0.2, 0) is 6.61 Å². The Labute approximate surface area is 162 Å². The van der Waals surface area contributed by atoms with Crippen LogP contribution in [0.3, 0.4) is 0 Å². The zero-order chi connectivity index (χ0) is 19.8. The van der Waals surface area contributed by atoms with Crippen molar-refractivity contribution in [2.45, 2.75) is 32.4 Å². The molecule has 1 amide bonds. The zero-order valence-electron chi connectivity index (χ0n) is 15.9. The first-order valence-corrected chi connectivity index (χ1v) is 9.27. The monoisotopic (exact) mass is 378 g/mol. The van der Waals surface area contributed by atoms with Gasteiger partial charge in [0.15, 0.2) is 0 Å². The summed E-state index contributed by atoms with van der Waals surface area (Å²) in [6, 6.07) is 10.8. The first kappa shape index (κ1) is 18.3. The van der Waals surface area contributed by atoms with Gasteiger partial charge < -0.3 is 15.2 Å². The summed E-state index contributed by atoms with van der Waals surface area (Å²) >= 11 is 0. The van der Waals surface area contributed by atoms with Crippen LogP contribution < -0.4 is 15.6 Å². The second-order valence-corrected chi connectivity index (χ2v) is 7.15. The zero-order valence-corrected chi connectivity index (χ0v) is 15.9. The number of carbonyl (C=O) groups excluding carboxylic acids is 1. The standard InChI is InChI=1S/C22H22N2O4/c1-13-3-4-14(21(26)23-16-5-6-16)9-20(13)24-11-15(12-25)18-8-7-17(28-2)10-19(18)22(24)27/h3-4,7-11,16,25H,5-6,12H2,1-2H3,(H,23,26). The van der Waals surface area contributed by atoms with E-state index in [0.29, 0.717) is 33.3 Å². The van der Waals surface area contributed by atoms with E-state index in [1.54, 1.807) is 43.6 Å². The van der Waals surface area contributed by atoms with E-state index in [1.807, 2.05) is 13.0 Å². The average molecular weight is 378 g/mol. The average Bonchev–Trinajstić information content (AvgIpc) is 3.52. The summed E-state index contributed by atoms with van der Waals surface area (Å²) in [5.74, 6) is 0.433. The van der Waals surface area contributed by atoms with Crippen LogP contribution in [0.15, 0.2) is 47.4 Å². The van der Waals surface area contributed by atoms with Crippen molar-refractivity contribution >= 4 is 16.7 Å². The minimum atomic E-state index is -0.228. The number of aromatic nitrogens is 1. The van der Waals surface area contributed by atoms with Crippen molar-refractivity contribution in [2.75, 3.05) is 7.11 Å². The quantitative estimate of drug-likeness (QED) is 0.715. The molecule has 1 aliphatic rings. The highest BCUT2D eigenvalue weighted by molar-refractivity contribution is 5.95. The topological polar surface area (TPSA) is 80.6 Å². The number of aliphatic hydroxyl groups is 1. The van der Waals surface area contributed by atoms with Gasteiger partial charge in [-0.3, -0.25) is 14.2 Å². The fraction of sp³-hybridized carbons (Fsp3) is 0.273. The highest BCUT2D eigenvalue weighted by Crippen LogP contribution is 2.24. The molecule has 2 aromatic carbocycles. The Bertz CT molecular complexity index is 1130. The molecule has 6 heteroatoms. The Morgan fingerprint density at radius 1 is 1.21 bits per heavy atom. The second kappa shape index (κ2) is 7.13. The third-order valence-corrected chi connectivity index (χ3v) is 5.12. The van der Waals surface area contributed by atoms with E-state index in [0.717, 1.165) is 18.4 Å². The Hall–Kier alpha value is -3.12. The van der Waals surface area contributed by atoms with E-state index < -0.39 is 0 Å². The van der Waals surface area contributed by atoms with Gasteiger partial charge in [-0.2, -0.15) is 0 Å². The van der Waals surface area contributed by atoms with Crippen LogP contribution in [-0.4, -0.2) is 28.7 Å². The maximum atomic E-state index is 13.2. The fourth-order valence-corrected chi connectivity index (χ4v) is 3.33. The number of aryl methyl sites for hydroxylation is 1. The number of amides is 1. The molecule has 0 atom stereocenters. The van der Waals surface area contributed by atoms with Crippen LogP contribution in [0.1, 0.15) is 34.3 Å². The number of hydrogen-bond acceptors (Lipinski definition) is 4. The van der Waals surface area contributed by atoms with E-state index in [9.17, 15) is 14.7 Å². The molecule has 28 heavy (non-hydrogen) atoms. The predicted molar refractivity (Wildman–Crippen MR) is 107 cm³/mol. The molecule has 0 bridgehead atoms. The first-order chi connectivity index (χ1) is 13.5. The highest BCUT2D eigenvalue weighted by atomic mass is 16.5. The molecule has 1 aromatic heterocycles. The van der Waals surface area contributed by atoms with Crippen molar-refractivity contribution in [3.63, 3.8) is 0 Å². The molecule has 1 saturated carbocycles. The summed E-state index contributed by atoms with van der Waals surface area (Å²) in [7, 11) is 1.54. The van der Waals surface area contributed by atoms with E-state index in [2.05, 4.69) is 5.32 Å². The Morgan fingerprint density at radius 3 is 2.68 bits per heavy atom. The second-order valence-electron chi connectivity index (χ2n) is 7.15. The molecule has 1 aliphatic carbocycles. The number of pyridine rings is 1. The van der Waals surface area contributed by atoms with Gasteiger partial charge in [0, 0.05) is 23.4 Å². The molecule has 0 aliphatic heterocycles. The normalized spacial score (nSPS) is 13.5. The van der Waals surface area contributed by atoms with Crippen LogP contribution >= 0.6 is 0 Å². The third kappa shape index (κ3) is 3.27. The van der Waals surface area contributed by atoms with Gasteiger partial charge in [0.1, 0.15) is 5.75 Å². The Morgan fingerprint density at radius 2 is 2.00 bits per heavy atom. The van der Waals surface area contributed by atoms with Crippen molar-refractivity contribution < 1.29 is 14.6 Å². The number of benzene rings is 2. The van der Waals surface area contributed by atoms with Gasteiger partial charge in [0.05, 0.1) is 24.8 Å². The lowest BCUT2D eigenvalue weighted by molar-refractivity contribution is 0.0951. The number of hydrogen-bond donors (Lipinski definition) is 2. The molecular weight excluding hydrogens is 356 g/mol. The number of fused-ring (bicyclic) bond motifs is 1. The number of rotatable bonds is 5. The maximum absolute atomic E-state index is 13.2. The van der Waals surface area contributed by atoms with Crippen molar-refractivity contribution in [3.8, 4) is 11.4 Å². The van der Waals surface area contributed by atoms with Crippen molar-refractivity contribution in [2.24, 2.45) is 0 Å². The lowest BCUT2D eigenvalue weighted by Gasteiger charge is -2.15.